The monoisotopic (exact) mass is 221 g/mol. The molecule has 0 fully saturated rings. The van der Waals surface area contributed by atoms with Gasteiger partial charge in [-0.05, 0) is 6.92 Å². The van der Waals surface area contributed by atoms with Gasteiger partial charge in [0.1, 0.15) is 12.7 Å². The van der Waals surface area contributed by atoms with Gasteiger partial charge in [-0.2, -0.15) is 22.0 Å². The summed E-state index contributed by atoms with van der Waals surface area (Å²) < 4.78 is 62.9. The molecule has 0 aliphatic carbocycles. The molecular weight excluding hydrogens is 213 g/mol. The molecule has 84 valence electrons. The second-order valence-corrected chi connectivity index (χ2v) is 2.56. The minimum Gasteiger partial charge on any atom is -0.367 e. The zero-order valence-electron chi connectivity index (χ0n) is 7.07. The summed E-state index contributed by atoms with van der Waals surface area (Å²) in [6.45, 7) is -0.935. The van der Waals surface area contributed by atoms with Crippen LogP contribution in [-0.2, 0) is 9.53 Å². The third-order valence-corrected chi connectivity index (χ3v) is 1.33. The van der Waals surface area contributed by atoms with E-state index in [1.807, 2.05) is 0 Å². The van der Waals surface area contributed by atoms with Crippen molar-refractivity contribution < 1.29 is 31.5 Å². The van der Waals surface area contributed by atoms with Crippen molar-refractivity contribution in [1.82, 2.24) is 0 Å². The van der Waals surface area contributed by atoms with Gasteiger partial charge in [-0.1, -0.05) is 0 Å². The lowest BCUT2D eigenvalue weighted by Gasteiger charge is -2.20. The Kier molecular flexibility index (Phi) is 3.81. The van der Waals surface area contributed by atoms with E-state index >= 15 is 0 Å². The first kappa shape index (κ1) is 13.1. The molecule has 0 aromatic rings. The van der Waals surface area contributed by atoms with E-state index in [4.69, 9.17) is 0 Å². The minimum absolute atomic E-state index is 0.981. The van der Waals surface area contributed by atoms with Gasteiger partial charge in [0.05, 0.1) is 0 Å². The maximum absolute atomic E-state index is 12.2. The highest BCUT2D eigenvalue weighted by Crippen LogP contribution is 2.35. The number of alkyl halides is 5. The number of hydrogen-bond donors (Lipinski definition) is 1. The molecule has 3 nitrogen and oxygen atoms in total. The molecule has 2 N–H and O–H groups in total. The number of carbonyl (C=O) groups excluding carboxylic acids is 1. The quantitative estimate of drug-likeness (QED) is 0.722. The fraction of sp³-hybridized carbons (Fsp3) is 0.833. The van der Waals surface area contributed by atoms with Crippen LogP contribution in [0.15, 0.2) is 0 Å². The van der Waals surface area contributed by atoms with Gasteiger partial charge in [-0.3, -0.25) is 4.79 Å². The van der Waals surface area contributed by atoms with Crippen LogP contribution >= 0.6 is 0 Å². The fourth-order valence-electron chi connectivity index (χ4n) is 0.394. The lowest BCUT2D eigenvalue weighted by atomic mass is 10.3. The first-order chi connectivity index (χ1) is 6.08. The van der Waals surface area contributed by atoms with E-state index in [9.17, 15) is 26.7 Å². The highest BCUT2D eigenvalue weighted by molar-refractivity contribution is 5.78. The third-order valence-electron chi connectivity index (χ3n) is 1.33. The van der Waals surface area contributed by atoms with Gasteiger partial charge < -0.3 is 10.5 Å². The fourth-order valence-corrected chi connectivity index (χ4v) is 0.394. The molecule has 0 heterocycles. The van der Waals surface area contributed by atoms with Crippen LogP contribution in [0.3, 0.4) is 0 Å². The molecule has 0 rings (SSSR count). The zero-order chi connectivity index (χ0) is 11.6. The summed E-state index contributed by atoms with van der Waals surface area (Å²) in [6, 6.07) is 0. The molecular formula is C6H8F5NO2. The normalized spacial score (nSPS) is 15.3. The number of amides is 1. The Morgan fingerprint density at radius 2 is 1.79 bits per heavy atom. The van der Waals surface area contributed by atoms with E-state index in [0.717, 1.165) is 6.92 Å². The van der Waals surface area contributed by atoms with Crippen LogP contribution in [0.2, 0.25) is 0 Å². The molecule has 0 aromatic heterocycles. The second-order valence-electron chi connectivity index (χ2n) is 2.56. The van der Waals surface area contributed by atoms with Crippen molar-refractivity contribution in [2.24, 2.45) is 5.73 Å². The van der Waals surface area contributed by atoms with Crippen LogP contribution in [0.25, 0.3) is 0 Å². The largest absolute Gasteiger partial charge is 0.455 e. The van der Waals surface area contributed by atoms with Crippen LogP contribution < -0.4 is 5.73 Å². The number of nitrogens with two attached hydrogens (primary N) is 1. The van der Waals surface area contributed by atoms with Gasteiger partial charge in [0.2, 0.25) is 5.91 Å². The summed E-state index contributed by atoms with van der Waals surface area (Å²) >= 11 is 0. The summed E-state index contributed by atoms with van der Waals surface area (Å²) in [6.07, 6.45) is -7.17. The van der Waals surface area contributed by atoms with Gasteiger partial charge in [-0.15, -0.1) is 0 Å². The molecule has 0 radical (unpaired) electrons. The SMILES string of the molecule is CC(OCC(F)(F)C(F)(F)F)C(N)=O. The molecule has 0 aliphatic rings. The Morgan fingerprint density at radius 3 is 2.07 bits per heavy atom. The van der Waals surface area contributed by atoms with Gasteiger partial charge in [-0.25, -0.2) is 0 Å². The highest BCUT2D eigenvalue weighted by atomic mass is 19.4. The number of primary amides is 1. The van der Waals surface area contributed by atoms with E-state index in [-0.39, 0.29) is 0 Å². The first-order valence-corrected chi connectivity index (χ1v) is 3.43. The predicted octanol–water partition coefficient (Wildman–Crippen LogP) is 1.07. The maximum Gasteiger partial charge on any atom is 0.455 e. The lowest BCUT2D eigenvalue weighted by molar-refractivity contribution is -0.298. The zero-order valence-corrected chi connectivity index (χ0v) is 7.07. The lowest BCUT2D eigenvalue weighted by Crippen LogP contribution is -2.43. The third kappa shape index (κ3) is 3.44. The minimum atomic E-state index is -5.69. The van der Waals surface area contributed by atoms with Crippen molar-refractivity contribution in [2.45, 2.75) is 25.1 Å². The van der Waals surface area contributed by atoms with Crippen LogP contribution in [0, 0.1) is 0 Å². The number of hydrogen-bond acceptors (Lipinski definition) is 2. The molecule has 0 aliphatic heterocycles. The summed E-state index contributed by atoms with van der Waals surface area (Å²) in [5.41, 5.74) is 4.58. The topological polar surface area (TPSA) is 52.3 Å². The Labute approximate surface area is 76.0 Å². The molecule has 1 amide bonds. The van der Waals surface area contributed by atoms with Crippen LogP contribution in [0.1, 0.15) is 6.92 Å². The Morgan fingerprint density at radius 1 is 1.36 bits per heavy atom. The van der Waals surface area contributed by atoms with Crippen LogP contribution in [-0.4, -0.2) is 30.7 Å². The van der Waals surface area contributed by atoms with Gasteiger partial charge in [0, 0.05) is 0 Å². The maximum atomic E-state index is 12.2. The van der Waals surface area contributed by atoms with E-state index in [1.165, 1.54) is 0 Å². The summed E-state index contributed by atoms with van der Waals surface area (Å²) in [7, 11) is 0. The van der Waals surface area contributed by atoms with Crippen molar-refractivity contribution in [3.8, 4) is 0 Å². The average molecular weight is 221 g/mol. The number of rotatable bonds is 4. The Balaban J connectivity index is 4.20. The van der Waals surface area contributed by atoms with E-state index in [2.05, 4.69) is 10.5 Å². The first-order valence-electron chi connectivity index (χ1n) is 3.43. The van der Waals surface area contributed by atoms with Gasteiger partial charge in [0.15, 0.2) is 0 Å². The molecule has 0 saturated carbocycles. The molecule has 0 aromatic carbocycles. The second kappa shape index (κ2) is 4.07. The van der Waals surface area contributed by atoms with Crippen LogP contribution in [0.4, 0.5) is 22.0 Å². The van der Waals surface area contributed by atoms with Crippen LogP contribution in [0.5, 0.6) is 0 Å². The van der Waals surface area contributed by atoms with Gasteiger partial charge in [0.25, 0.3) is 0 Å². The number of ether oxygens (including phenoxy) is 1. The average Bonchev–Trinajstić information content (AvgIpc) is 1.97. The van der Waals surface area contributed by atoms with E-state index in [0.29, 0.717) is 0 Å². The number of carbonyl (C=O) groups is 1. The Hall–Kier alpha value is -0.920. The van der Waals surface area contributed by atoms with Crippen molar-refractivity contribution in [2.75, 3.05) is 6.61 Å². The molecule has 1 unspecified atom stereocenters. The molecule has 8 heteroatoms. The smallest absolute Gasteiger partial charge is 0.367 e. The summed E-state index contributed by atoms with van der Waals surface area (Å²) in [4.78, 5) is 10.2. The van der Waals surface area contributed by atoms with Crippen molar-refractivity contribution in [3.63, 3.8) is 0 Å². The standard InChI is InChI=1S/C6H8F5NO2/c1-3(4(12)13)14-2-5(7,8)6(9,10)11/h3H,2H2,1H3,(H2,12,13). The predicted molar refractivity (Wildman–Crippen MR) is 35.6 cm³/mol. The Bertz CT molecular complexity index is 215. The van der Waals surface area contributed by atoms with Crippen molar-refractivity contribution in [1.29, 1.82) is 0 Å². The van der Waals surface area contributed by atoms with Gasteiger partial charge >= 0.3 is 12.1 Å². The summed E-state index contributed by atoms with van der Waals surface area (Å²) in [5.74, 6) is -6.08. The van der Waals surface area contributed by atoms with E-state index < -0.39 is 30.7 Å². The molecule has 0 spiro atoms. The summed E-state index contributed by atoms with van der Waals surface area (Å²) in [5, 5.41) is 0. The molecule has 0 saturated heterocycles. The molecule has 1 atom stereocenters. The highest BCUT2D eigenvalue weighted by Gasteiger charge is 2.57. The van der Waals surface area contributed by atoms with Crippen molar-refractivity contribution >= 4 is 5.91 Å². The van der Waals surface area contributed by atoms with Crippen molar-refractivity contribution in [3.05, 3.63) is 0 Å². The van der Waals surface area contributed by atoms with E-state index in [1.54, 1.807) is 0 Å². The molecule has 0 bridgehead atoms. The number of halogens is 5. The molecule has 14 heavy (non-hydrogen) atoms.